The van der Waals surface area contributed by atoms with Gasteiger partial charge < -0.3 is 9.84 Å². The van der Waals surface area contributed by atoms with Crippen LogP contribution in [0.4, 0.5) is 0 Å². The summed E-state index contributed by atoms with van der Waals surface area (Å²) in [6.07, 6.45) is 20.1. The average molecular weight is 779 g/mol. The molecule has 5 aromatic carbocycles. The zero-order valence-electron chi connectivity index (χ0n) is 34.3. The fraction of sp³-hybridized carbons (Fsp3) is 0.276. The molecule has 0 spiro atoms. The van der Waals surface area contributed by atoms with Gasteiger partial charge in [-0.3, -0.25) is 0 Å². The molecule has 2 saturated carbocycles. The molecular weight excluding hydrogens is 729 g/mol. The van der Waals surface area contributed by atoms with Gasteiger partial charge in [-0.1, -0.05) is 103 Å². The summed E-state index contributed by atoms with van der Waals surface area (Å²) in [5, 5.41) is 9.82. The van der Waals surface area contributed by atoms with Crippen LogP contribution in [0.3, 0.4) is 0 Å². The van der Waals surface area contributed by atoms with E-state index >= 15 is 0 Å². The predicted octanol–water partition coefficient (Wildman–Crippen LogP) is 10.7. The molecule has 2 aliphatic rings. The zero-order chi connectivity index (χ0) is 41.2. The molecule has 0 amide bonds. The number of aryl methyl sites for hydroxylation is 4. The monoisotopic (exact) mass is 778 g/mol. The molecule has 0 saturated heterocycles. The third-order valence-electron chi connectivity index (χ3n) is 11.7. The lowest BCUT2D eigenvalue weighted by Crippen LogP contribution is -2.19. The molecule has 0 bridgehead atoms. The molecule has 0 heterocycles. The Kier molecular flexibility index (Phi) is 15.1. The van der Waals surface area contributed by atoms with E-state index in [4.69, 9.17) is 11.2 Å². The minimum Gasteiger partial charge on any atom is -0.443 e. The molecule has 0 atom stereocenters. The molecule has 0 radical (unpaired) electrons. The summed E-state index contributed by atoms with van der Waals surface area (Å²) in [4.78, 5) is 0. The third kappa shape index (κ3) is 12.9. The van der Waals surface area contributed by atoms with Crippen LogP contribution in [0.25, 0.3) is 0 Å². The summed E-state index contributed by atoms with van der Waals surface area (Å²) < 4.78 is 5.69. The van der Waals surface area contributed by atoms with Crippen LogP contribution in [0.1, 0.15) is 119 Å². The molecule has 60 heavy (non-hydrogen) atoms. The summed E-state index contributed by atoms with van der Waals surface area (Å²) >= 11 is 0. The van der Waals surface area contributed by atoms with E-state index < -0.39 is 0 Å². The Bertz CT molecular complexity index is 2550. The van der Waals surface area contributed by atoms with Crippen molar-refractivity contribution in [2.75, 3.05) is 0 Å². The van der Waals surface area contributed by atoms with Crippen molar-refractivity contribution in [1.82, 2.24) is 0 Å². The zero-order valence-corrected chi connectivity index (χ0v) is 34.3. The summed E-state index contributed by atoms with van der Waals surface area (Å²) in [5.41, 5.74) is 12.1. The maximum atomic E-state index is 9.82. The van der Waals surface area contributed by atoms with Crippen molar-refractivity contribution >= 4 is 0 Å². The predicted molar refractivity (Wildman–Crippen MR) is 244 cm³/mol. The normalized spacial score (nSPS) is 17.8. The smallest absolute Gasteiger partial charge is 0.125 e. The van der Waals surface area contributed by atoms with Gasteiger partial charge in [-0.15, -0.1) is 6.42 Å². The standard InChI is InChI=1S/C58H50O2/c1-2-3-4-5-6-7-43-60-58-41-37-56(38-42-58)54-33-29-50(30-34-54)22-20-46-13-17-48(18-14-46)24-26-52-10-8-9-51(44-52)25-23-47-15-11-45(12-16-47)19-21-49-27-31-53(32-28-49)55-35-39-57(59)40-36-55/h1,8-18,27-34,44,55-59H,19-22,35-42H2. The van der Waals surface area contributed by atoms with Crippen LogP contribution in [0.15, 0.2) is 121 Å². The van der Waals surface area contributed by atoms with E-state index in [9.17, 15) is 5.11 Å². The summed E-state index contributed by atoms with van der Waals surface area (Å²) in [5.74, 6) is 29.6. The van der Waals surface area contributed by atoms with Gasteiger partial charge in [-0.05, 0) is 182 Å². The van der Waals surface area contributed by atoms with Crippen molar-refractivity contribution in [3.8, 4) is 71.7 Å². The van der Waals surface area contributed by atoms with E-state index in [0.29, 0.717) is 11.8 Å². The molecule has 5 aromatic rings. The van der Waals surface area contributed by atoms with Crippen LogP contribution in [-0.4, -0.2) is 17.3 Å². The van der Waals surface area contributed by atoms with E-state index in [0.717, 1.165) is 99.3 Å². The van der Waals surface area contributed by atoms with E-state index in [1.807, 2.05) is 18.2 Å². The molecule has 294 valence electrons. The van der Waals surface area contributed by atoms with Crippen LogP contribution in [0.2, 0.25) is 0 Å². The Morgan fingerprint density at radius 1 is 0.450 bits per heavy atom. The highest BCUT2D eigenvalue weighted by molar-refractivity contribution is 5.50. The molecular formula is C58H50O2. The van der Waals surface area contributed by atoms with Gasteiger partial charge in [0.05, 0.1) is 6.10 Å². The molecule has 7 rings (SSSR count). The maximum Gasteiger partial charge on any atom is 0.125 e. The maximum absolute atomic E-state index is 9.82. The number of benzene rings is 5. The summed E-state index contributed by atoms with van der Waals surface area (Å²) in [6, 6.07) is 43.7. The first-order chi connectivity index (χ1) is 29.6. The number of terminal acetylenes is 1. The van der Waals surface area contributed by atoms with Crippen molar-refractivity contribution in [2.24, 2.45) is 0 Å². The second kappa shape index (κ2) is 21.8. The highest BCUT2D eigenvalue weighted by Gasteiger charge is 2.23. The van der Waals surface area contributed by atoms with E-state index in [-0.39, 0.29) is 12.2 Å². The van der Waals surface area contributed by atoms with Gasteiger partial charge in [-0.2, -0.15) is 0 Å². The molecule has 0 aliphatic heterocycles. The van der Waals surface area contributed by atoms with Crippen molar-refractivity contribution in [1.29, 1.82) is 0 Å². The Morgan fingerprint density at radius 3 is 1.32 bits per heavy atom. The van der Waals surface area contributed by atoms with Crippen molar-refractivity contribution in [2.45, 2.75) is 101 Å². The second-order valence-electron chi connectivity index (χ2n) is 15.9. The van der Waals surface area contributed by atoms with Crippen molar-refractivity contribution in [3.63, 3.8) is 0 Å². The number of rotatable bonds is 9. The number of aliphatic hydroxyl groups is 1. The minimum absolute atomic E-state index is 0.106. The highest BCUT2D eigenvalue weighted by atomic mass is 16.5. The SMILES string of the molecule is C#CC#CC#CC#COC1CCC(c2ccc(CCc3ccc(C#Cc4cccc(C#Cc5ccc(CCc6ccc(C7CCC(O)CC7)cc6)cc5)c4)cc3)cc2)CC1. The lowest BCUT2D eigenvalue weighted by Gasteiger charge is -2.27. The molecule has 0 unspecified atom stereocenters. The van der Waals surface area contributed by atoms with Crippen LogP contribution in [0, 0.1) is 71.7 Å². The Balaban J connectivity index is 0.832. The average Bonchev–Trinajstić information content (AvgIpc) is 3.30. The molecule has 2 heteroatoms. The molecule has 1 N–H and O–H groups in total. The van der Waals surface area contributed by atoms with Gasteiger partial charge in [0, 0.05) is 40.0 Å². The minimum atomic E-state index is -0.106. The van der Waals surface area contributed by atoms with Gasteiger partial charge in [-0.25, -0.2) is 0 Å². The van der Waals surface area contributed by atoms with E-state index in [1.54, 1.807) is 0 Å². The third-order valence-corrected chi connectivity index (χ3v) is 11.7. The van der Waals surface area contributed by atoms with Crippen LogP contribution < -0.4 is 0 Å². The number of hydrogen-bond donors (Lipinski definition) is 1. The fourth-order valence-corrected chi connectivity index (χ4v) is 8.15. The van der Waals surface area contributed by atoms with Crippen LogP contribution >= 0.6 is 0 Å². The van der Waals surface area contributed by atoms with Gasteiger partial charge in [0.1, 0.15) is 12.2 Å². The number of aliphatic hydroxyl groups excluding tert-OH is 1. The Labute approximate surface area is 358 Å². The molecule has 2 nitrogen and oxygen atoms in total. The van der Waals surface area contributed by atoms with Crippen LogP contribution in [0.5, 0.6) is 0 Å². The van der Waals surface area contributed by atoms with Gasteiger partial charge in [0.15, 0.2) is 0 Å². The number of ether oxygens (including phenoxy) is 1. The van der Waals surface area contributed by atoms with Gasteiger partial charge in [0.25, 0.3) is 0 Å². The molecule has 2 fully saturated rings. The Hall–Kier alpha value is -6.78. The summed E-state index contributed by atoms with van der Waals surface area (Å²) in [7, 11) is 0. The number of hydrogen-bond acceptors (Lipinski definition) is 2. The van der Waals surface area contributed by atoms with Crippen molar-refractivity contribution in [3.05, 3.63) is 177 Å². The van der Waals surface area contributed by atoms with E-state index in [1.165, 1.54) is 33.4 Å². The Morgan fingerprint density at radius 2 is 0.850 bits per heavy atom. The second-order valence-corrected chi connectivity index (χ2v) is 15.9. The van der Waals surface area contributed by atoms with Gasteiger partial charge in [0.2, 0.25) is 0 Å². The fourth-order valence-electron chi connectivity index (χ4n) is 8.15. The first kappa shape index (κ1) is 41.4. The largest absolute Gasteiger partial charge is 0.443 e. The summed E-state index contributed by atoms with van der Waals surface area (Å²) in [6.45, 7) is 0. The first-order valence-corrected chi connectivity index (χ1v) is 21.4. The van der Waals surface area contributed by atoms with Gasteiger partial charge >= 0.3 is 0 Å². The molecule has 0 aromatic heterocycles. The highest BCUT2D eigenvalue weighted by Crippen LogP contribution is 2.35. The molecule has 2 aliphatic carbocycles. The van der Waals surface area contributed by atoms with Crippen molar-refractivity contribution < 1.29 is 9.84 Å². The topological polar surface area (TPSA) is 29.5 Å². The first-order valence-electron chi connectivity index (χ1n) is 21.4. The quantitative estimate of drug-likeness (QED) is 0.151. The van der Waals surface area contributed by atoms with E-state index in [2.05, 4.69) is 168 Å². The van der Waals surface area contributed by atoms with Crippen LogP contribution in [-0.2, 0) is 30.4 Å². The lowest BCUT2D eigenvalue weighted by molar-refractivity contribution is 0.117. The lowest BCUT2D eigenvalue weighted by atomic mass is 9.82.